The standard InChI is InChI=1S/C11H13N3OS2/c1-3-13-7-8(6-12-13)5-9-10(15)14(4-2)11(16)17-9/h5-7H,3-4H2,1-2H3. The molecular formula is C11H13N3OS2. The van der Waals surface area contributed by atoms with E-state index in [1.165, 1.54) is 11.8 Å². The molecule has 2 rings (SSSR count). The lowest BCUT2D eigenvalue weighted by Gasteiger charge is -2.09. The summed E-state index contributed by atoms with van der Waals surface area (Å²) in [4.78, 5) is 14.2. The molecule has 2 heterocycles. The molecule has 0 N–H and O–H groups in total. The smallest absolute Gasteiger partial charge is 0.266 e. The predicted molar refractivity (Wildman–Crippen MR) is 73.5 cm³/mol. The first-order valence-electron chi connectivity index (χ1n) is 5.43. The Kier molecular flexibility index (Phi) is 3.63. The molecule has 1 aromatic rings. The SMILES string of the molecule is CCN1C(=O)C(=Cc2cnn(CC)c2)SC1=S. The van der Waals surface area contributed by atoms with Crippen molar-refractivity contribution in [3.05, 3.63) is 22.9 Å². The molecule has 1 fully saturated rings. The molecule has 17 heavy (non-hydrogen) atoms. The number of carbonyl (C=O) groups is 1. The zero-order valence-corrected chi connectivity index (χ0v) is 11.3. The van der Waals surface area contributed by atoms with E-state index in [1.54, 1.807) is 11.1 Å². The van der Waals surface area contributed by atoms with Crippen LogP contribution < -0.4 is 0 Å². The maximum Gasteiger partial charge on any atom is 0.266 e. The van der Waals surface area contributed by atoms with Crippen LogP contribution in [0.2, 0.25) is 0 Å². The van der Waals surface area contributed by atoms with Crippen molar-refractivity contribution in [2.75, 3.05) is 6.54 Å². The van der Waals surface area contributed by atoms with Gasteiger partial charge in [0.1, 0.15) is 4.32 Å². The number of carbonyl (C=O) groups excluding carboxylic acids is 1. The van der Waals surface area contributed by atoms with Gasteiger partial charge < -0.3 is 0 Å². The van der Waals surface area contributed by atoms with Crippen molar-refractivity contribution in [3.63, 3.8) is 0 Å². The molecule has 0 aromatic carbocycles. The molecule has 0 saturated carbocycles. The van der Waals surface area contributed by atoms with Gasteiger partial charge in [0.05, 0.1) is 11.1 Å². The van der Waals surface area contributed by atoms with E-state index in [4.69, 9.17) is 12.2 Å². The van der Waals surface area contributed by atoms with Gasteiger partial charge in [0.2, 0.25) is 0 Å². The van der Waals surface area contributed by atoms with Crippen molar-refractivity contribution in [2.45, 2.75) is 20.4 Å². The monoisotopic (exact) mass is 267 g/mol. The molecule has 0 bridgehead atoms. The van der Waals surface area contributed by atoms with E-state index in [1.807, 2.05) is 30.8 Å². The Labute approximate surface area is 110 Å². The molecule has 90 valence electrons. The van der Waals surface area contributed by atoms with E-state index in [-0.39, 0.29) is 5.91 Å². The average Bonchev–Trinajstić information content (AvgIpc) is 2.86. The molecule has 1 aliphatic rings. The average molecular weight is 267 g/mol. The van der Waals surface area contributed by atoms with Crippen LogP contribution in [0.25, 0.3) is 6.08 Å². The number of amides is 1. The summed E-state index contributed by atoms with van der Waals surface area (Å²) in [5, 5.41) is 4.17. The number of rotatable bonds is 3. The lowest BCUT2D eigenvalue weighted by Crippen LogP contribution is -2.27. The quantitative estimate of drug-likeness (QED) is 0.621. The van der Waals surface area contributed by atoms with Gasteiger partial charge in [-0.3, -0.25) is 14.4 Å². The van der Waals surface area contributed by atoms with Gasteiger partial charge in [0, 0.05) is 24.8 Å². The highest BCUT2D eigenvalue weighted by atomic mass is 32.2. The van der Waals surface area contributed by atoms with Crippen molar-refractivity contribution in [3.8, 4) is 0 Å². The van der Waals surface area contributed by atoms with Crippen LogP contribution in [0.4, 0.5) is 0 Å². The first kappa shape index (κ1) is 12.3. The Morgan fingerprint density at radius 3 is 2.76 bits per heavy atom. The number of aromatic nitrogens is 2. The van der Waals surface area contributed by atoms with E-state index < -0.39 is 0 Å². The third kappa shape index (κ3) is 2.42. The van der Waals surface area contributed by atoms with E-state index in [9.17, 15) is 4.79 Å². The third-order valence-electron chi connectivity index (χ3n) is 2.46. The number of thioether (sulfide) groups is 1. The molecule has 0 spiro atoms. The maximum absolute atomic E-state index is 11.9. The van der Waals surface area contributed by atoms with Crippen LogP contribution in [0.1, 0.15) is 19.4 Å². The van der Waals surface area contributed by atoms with Gasteiger partial charge in [-0.25, -0.2) is 0 Å². The molecule has 1 saturated heterocycles. The van der Waals surface area contributed by atoms with Crippen LogP contribution in [0.3, 0.4) is 0 Å². The minimum Gasteiger partial charge on any atom is -0.293 e. The molecule has 1 aliphatic heterocycles. The summed E-state index contributed by atoms with van der Waals surface area (Å²) in [6, 6.07) is 0. The van der Waals surface area contributed by atoms with Crippen LogP contribution in [-0.2, 0) is 11.3 Å². The minimum atomic E-state index is -0.00764. The Hall–Kier alpha value is -1.14. The fraction of sp³-hybridized carbons (Fsp3) is 0.364. The van der Waals surface area contributed by atoms with Crippen molar-refractivity contribution >= 4 is 40.3 Å². The number of likely N-dealkylation sites (N-methyl/N-ethyl adjacent to an activating group) is 1. The normalized spacial score (nSPS) is 18.5. The highest BCUT2D eigenvalue weighted by molar-refractivity contribution is 8.26. The van der Waals surface area contributed by atoms with Gasteiger partial charge in [-0.15, -0.1) is 0 Å². The van der Waals surface area contributed by atoms with Gasteiger partial charge in [-0.2, -0.15) is 5.10 Å². The number of aryl methyl sites for hydroxylation is 1. The second-order valence-corrected chi connectivity index (χ2v) is 5.23. The molecular weight excluding hydrogens is 254 g/mol. The van der Waals surface area contributed by atoms with E-state index >= 15 is 0 Å². The summed E-state index contributed by atoms with van der Waals surface area (Å²) >= 11 is 6.49. The highest BCUT2D eigenvalue weighted by Crippen LogP contribution is 2.31. The molecule has 0 unspecified atom stereocenters. The predicted octanol–water partition coefficient (Wildman–Crippen LogP) is 2.12. The largest absolute Gasteiger partial charge is 0.293 e. The summed E-state index contributed by atoms with van der Waals surface area (Å²) in [6.45, 7) is 5.39. The van der Waals surface area contributed by atoms with E-state index in [0.29, 0.717) is 15.8 Å². The molecule has 0 aliphatic carbocycles. The van der Waals surface area contributed by atoms with Gasteiger partial charge in [-0.1, -0.05) is 24.0 Å². The third-order valence-corrected chi connectivity index (χ3v) is 3.84. The van der Waals surface area contributed by atoms with Gasteiger partial charge in [0.25, 0.3) is 5.91 Å². The topological polar surface area (TPSA) is 38.1 Å². The van der Waals surface area contributed by atoms with Crippen LogP contribution in [0, 0.1) is 0 Å². The van der Waals surface area contributed by atoms with E-state index in [0.717, 1.165) is 12.1 Å². The highest BCUT2D eigenvalue weighted by Gasteiger charge is 2.30. The van der Waals surface area contributed by atoms with Crippen LogP contribution in [0.5, 0.6) is 0 Å². The Balaban J connectivity index is 2.23. The second kappa shape index (κ2) is 5.01. The number of nitrogens with zero attached hydrogens (tertiary/aromatic N) is 3. The summed E-state index contributed by atoms with van der Waals surface area (Å²) in [7, 11) is 0. The molecule has 0 radical (unpaired) electrons. The zero-order chi connectivity index (χ0) is 12.4. The van der Waals surface area contributed by atoms with Crippen molar-refractivity contribution < 1.29 is 4.79 Å². The first-order valence-corrected chi connectivity index (χ1v) is 6.66. The van der Waals surface area contributed by atoms with Crippen LogP contribution in [-0.4, -0.2) is 31.5 Å². The Bertz CT molecular complexity index is 493. The van der Waals surface area contributed by atoms with E-state index in [2.05, 4.69) is 5.10 Å². The Morgan fingerprint density at radius 2 is 2.24 bits per heavy atom. The lowest BCUT2D eigenvalue weighted by atomic mass is 10.3. The van der Waals surface area contributed by atoms with Crippen molar-refractivity contribution in [1.82, 2.24) is 14.7 Å². The fourth-order valence-electron chi connectivity index (χ4n) is 1.55. The fourth-order valence-corrected chi connectivity index (χ4v) is 2.94. The Morgan fingerprint density at radius 1 is 1.47 bits per heavy atom. The van der Waals surface area contributed by atoms with Crippen molar-refractivity contribution in [1.29, 1.82) is 0 Å². The molecule has 1 amide bonds. The summed E-state index contributed by atoms with van der Waals surface area (Å²) in [5.74, 6) is -0.00764. The lowest BCUT2D eigenvalue weighted by molar-refractivity contribution is -0.121. The van der Waals surface area contributed by atoms with Gasteiger partial charge in [-0.05, 0) is 19.9 Å². The summed E-state index contributed by atoms with van der Waals surface area (Å²) in [5.41, 5.74) is 0.934. The van der Waals surface area contributed by atoms with Crippen LogP contribution in [0.15, 0.2) is 17.3 Å². The molecule has 6 heteroatoms. The molecule has 1 aromatic heterocycles. The summed E-state index contributed by atoms with van der Waals surface area (Å²) in [6.07, 6.45) is 5.51. The van der Waals surface area contributed by atoms with Gasteiger partial charge >= 0.3 is 0 Å². The number of hydrogen-bond donors (Lipinski definition) is 0. The zero-order valence-electron chi connectivity index (χ0n) is 9.71. The maximum atomic E-state index is 11.9. The van der Waals surface area contributed by atoms with Crippen molar-refractivity contribution in [2.24, 2.45) is 0 Å². The minimum absolute atomic E-state index is 0.00764. The summed E-state index contributed by atoms with van der Waals surface area (Å²) < 4.78 is 2.46. The number of hydrogen-bond acceptors (Lipinski definition) is 4. The number of thiocarbonyl (C=S) groups is 1. The van der Waals surface area contributed by atoms with Gasteiger partial charge in [0.15, 0.2) is 0 Å². The second-order valence-electron chi connectivity index (χ2n) is 3.56. The molecule has 0 atom stereocenters. The molecule has 4 nitrogen and oxygen atoms in total. The first-order chi connectivity index (χ1) is 8.15. The van der Waals surface area contributed by atoms with Crippen LogP contribution >= 0.6 is 24.0 Å².